The number of alkyl halides is 3. The first kappa shape index (κ1) is 38.8. The third-order valence-corrected chi connectivity index (χ3v) is 8.33. The van der Waals surface area contributed by atoms with Crippen molar-refractivity contribution in [3.63, 3.8) is 0 Å². The number of rotatable bonds is 14. The Hall–Kier alpha value is -4.61. The molecule has 0 bridgehead atoms. The van der Waals surface area contributed by atoms with Gasteiger partial charge >= 0.3 is 17.8 Å². The number of carbonyl (C=O) groups is 6. The first-order valence-corrected chi connectivity index (χ1v) is 16.7. The molecule has 0 radical (unpaired) electrons. The normalized spacial score (nSPS) is 16.3. The zero-order valence-corrected chi connectivity index (χ0v) is 28.0. The predicted molar refractivity (Wildman–Crippen MR) is 172 cm³/mol. The number of fused-ring (bicyclic) bond motifs is 1. The summed E-state index contributed by atoms with van der Waals surface area (Å²) in [4.78, 5) is 89.0. The lowest BCUT2D eigenvalue weighted by Gasteiger charge is -2.29. The third-order valence-electron chi connectivity index (χ3n) is 7.68. The van der Waals surface area contributed by atoms with Gasteiger partial charge in [-0.15, -0.1) is 0 Å². The Morgan fingerprint density at radius 1 is 1.02 bits per heavy atom. The van der Waals surface area contributed by atoms with Crippen molar-refractivity contribution >= 4 is 63.9 Å². The van der Waals surface area contributed by atoms with Gasteiger partial charge in [0.1, 0.15) is 29.8 Å². The van der Waals surface area contributed by atoms with E-state index in [1.54, 1.807) is 6.26 Å². The molecule has 268 valence electrons. The summed E-state index contributed by atoms with van der Waals surface area (Å²) in [6.45, 7) is 3.04. The van der Waals surface area contributed by atoms with Gasteiger partial charge in [-0.1, -0.05) is 0 Å². The van der Waals surface area contributed by atoms with E-state index in [1.807, 2.05) is 0 Å². The van der Waals surface area contributed by atoms with Crippen LogP contribution in [0.1, 0.15) is 51.5 Å². The van der Waals surface area contributed by atoms with Gasteiger partial charge in [0.25, 0.3) is 0 Å². The van der Waals surface area contributed by atoms with Gasteiger partial charge in [-0.25, -0.2) is 4.79 Å². The van der Waals surface area contributed by atoms with Crippen LogP contribution in [0.25, 0.3) is 11.0 Å². The van der Waals surface area contributed by atoms with Crippen molar-refractivity contribution in [1.29, 1.82) is 0 Å². The van der Waals surface area contributed by atoms with Crippen LogP contribution < -0.4 is 26.9 Å². The Balaban J connectivity index is 1.65. The molecule has 1 fully saturated rings. The summed E-state index contributed by atoms with van der Waals surface area (Å²) < 4.78 is 49.7. The van der Waals surface area contributed by atoms with Crippen molar-refractivity contribution in [2.24, 2.45) is 0 Å². The summed E-state index contributed by atoms with van der Waals surface area (Å²) >= 11 is 1.41. The van der Waals surface area contributed by atoms with Crippen LogP contribution in [0.15, 0.2) is 33.5 Å². The fourth-order valence-electron chi connectivity index (χ4n) is 5.13. The molecule has 3 rings (SSSR count). The zero-order valence-electron chi connectivity index (χ0n) is 27.2. The van der Waals surface area contributed by atoms with Crippen LogP contribution in [0.2, 0.25) is 0 Å². The van der Waals surface area contributed by atoms with Gasteiger partial charge in [0.2, 0.25) is 29.5 Å². The molecule has 1 aromatic heterocycles. The average molecular weight is 714 g/mol. The molecule has 1 aliphatic heterocycles. The smallest absolute Gasteiger partial charge is 0.417 e. The number of likely N-dealkylation sites (tertiary alicyclic amines) is 1. The lowest BCUT2D eigenvalue weighted by atomic mass is 10.1. The minimum absolute atomic E-state index is 0.0273. The molecule has 0 aliphatic carbocycles. The molecule has 4 atom stereocenters. The van der Waals surface area contributed by atoms with Crippen LogP contribution >= 0.6 is 11.8 Å². The van der Waals surface area contributed by atoms with Gasteiger partial charge in [-0.2, -0.15) is 24.9 Å². The summed E-state index contributed by atoms with van der Waals surface area (Å²) in [5.41, 5.74) is -2.76. The predicted octanol–water partition coefficient (Wildman–Crippen LogP) is 1.94. The van der Waals surface area contributed by atoms with E-state index in [2.05, 4.69) is 26.0 Å². The maximum absolute atomic E-state index is 13.4. The summed E-state index contributed by atoms with van der Waals surface area (Å²) in [6.07, 6.45) is -2.44. The van der Waals surface area contributed by atoms with Crippen molar-refractivity contribution in [3.8, 4) is 0 Å². The second kappa shape index (κ2) is 17.2. The maximum atomic E-state index is 13.4. The number of hydrogen-bond acceptors (Lipinski definition) is 10. The molecular formula is C31H38F3N5O9S. The van der Waals surface area contributed by atoms with E-state index in [9.17, 15) is 46.7 Å². The first-order chi connectivity index (χ1) is 23.0. The van der Waals surface area contributed by atoms with Crippen molar-refractivity contribution in [3.05, 3.63) is 40.2 Å². The Bertz CT molecular complexity index is 1630. The van der Waals surface area contributed by atoms with Gasteiger partial charge in [-0.05, 0) is 57.3 Å². The summed E-state index contributed by atoms with van der Waals surface area (Å²) in [7, 11) is 1.18. The summed E-state index contributed by atoms with van der Waals surface area (Å²) in [5.74, 6) is -3.22. The number of thioether (sulfide) groups is 1. The zero-order chi connectivity index (χ0) is 36.5. The highest BCUT2D eigenvalue weighted by atomic mass is 32.2. The molecule has 0 saturated carbocycles. The van der Waals surface area contributed by atoms with Gasteiger partial charge in [0.15, 0.2) is 0 Å². The number of methoxy groups -OCH3 is 1. The highest BCUT2D eigenvalue weighted by Gasteiger charge is 2.38. The summed E-state index contributed by atoms with van der Waals surface area (Å²) in [5, 5.41) is 9.79. The first-order valence-electron chi connectivity index (χ1n) is 15.3. The molecule has 0 spiro atoms. The molecule has 4 N–H and O–H groups in total. The molecule has 18 heteroatoms. The number of benzene rings is 1. The standard InChI is InChI=1S/C31H38F3N5O9S/c1-16(35-24(40)9-10-25(41)47-3)27(43)36-17(2)30(46)39-12-5-6-22(39)29(45)38-21(11-13-49-4)28(44)37-18-7-8-19-20(31(32,33)34)15-26(42)48-23(19)14-18/h7-8,14-17,21-22H,5-6,9-13H2,1-4H3,(H,35,40)(H,36,43)(H,37,44)(H,38,45). The van der Waals surface area contributed by atoms with Crippen LogP contribution in [0.4, 0.5) is 18.9 Å². The molecule has 1 aromatic carbocycles. The van der Waals surface area contributed by atoms with E-state index >= 15 is 0 Å². The highest BCUT2D eigenvalue weighted by Crippen LogP contribution is 2.34. The third kappa shape index (κ3) is 10.7. The van der Waals surface area contributed by atoms with Crippen molar-refractivity contribution < 1.29 is 51.1 Å². The number of ether oxygens (including phenoxy) is 1. The Kier molecular flexibility index (Phi) is 13.6. The van der Waals surface area contributed by atoms with Crippen LogP contribution in [-0.4, -0.2) is 90.2 Å². The van der Waals surface area contributed by atoms with E-state index in [4.69, 9.17) is 4.42 Å². The van der Waals surface area contributed by atoms with Crippen molar-refractivity contribution in [1.82, 2.24) is 20.9 Å². The van der Waals surface area contributed by atoms with Crippen LogP contribution in [0.5, 0.6) is 0 Å². The van der Waals surface area contributed by atoms with Crippen LogP contribution in [0, 0.1) is 0 Å². The average Bonchev–Trinajstić information content (AvgIpc) is 3.54. The van der Waals surface area contributed by atoms with Gasteiger partial charge in [-0.3, -0.25) is 28.8 Å². The topological polar surface area (TPSA) is 193 Å². The molecule has 5 amide bonds. The lowest BCUT2D eigenvalue weighted by Crippen LogP contribution is -2.56. The van der Waals surface area contributed by atoms with Crippen molar-refractivity contribution in [2.75, 3.05) is 31.0 Å². The van der Waals surface area contributed by atoms with Gasteiger partial charge in [0.05, 0.1) is 19.1 Å². The molecule has 49 heavy (non-hydrogen) atoms. The lowest BCUT2D eigenvalue weighted by molar-refractivity contribution is -0.142. The fraction of sp³-hybridized carbons (Fsp3) is 0.516. The Morgan fingerprint density at radius 3 is 2.39 bits per heavy atom. The quantitative estimate of drug-likeness (QED) is 0.166. The van der Waals surface area contributed by atoms with Crippen LogP contribution in [0.3, 0.4) is 0 Å². The molecule has 2 aromatic rings. The van der Waals surface area contributed by atoms with E-state index in [0.29, 0.717) is 18.2 Å². The minimum atomic E-state index is -4.81. The van der Waals surface area contributed by atoms with Gasteiger partial charge in [0, 0.05) is 36.2 Å². The number of nitrogens with zero attached hydrogens (tertiary/aromatic N) is 1. The molecule has 1 saturated heterocycles. The number of hydrogen-bond donors (Lipinski definition) is 4. The number of nitrogens with one attached hydrogen (secondary N) is 4. The monoisotopic (exact) mass is 713 g/mol. The number of anilines is 1. The molecule has 4 unspecified atom stereocenters. The van der Waals surface area contributed by atoms with Gasteiger partial charge < -0.3 is 35.3 Å². The fourth-order valence-corrected chi connectivity index (χ4v) is 5.60. The second-order valence-corrected chi connectivity index (χ2v) is 12.3. The summed E-state index contributed by atoms with van der Waals surface area (Å²) in [6, 6.07) is -0.448. The van der Waals surface area contributed by atoms with E-state index in [1.165, 1.54) is 43.7 Å². The van der Waals surface area contributed by atoms with Crippen molar-refractivity contribution in [2.45, 2.75) is 76.3 Å². The number of halogens is 3. The highest BCUT2D eigenvalue weighted by molar-refractivity contribution is 7.98. The van der Waals surface area contributed by atoms with Crippen LogP contribution in [-0.2, 0) is 39.7 Å². The molecular weight excluding hydrogens is 675 g/mol. The largest absolute Gasteiger partial charge is 0.469 e. The minimum Gasteiger partial charge on any atom is -0.469 e. The Morgan fingerprint density at radius 2 is 1.73 bits per heavy atom. The molecule has 2 heterocycles. The van der Waals surface area contributed by atoms with E-state index < -0.39 is 77.0 Å². The maximum Gasteiger partial charge on any atom is 0.417 e. The SMILES string of the molecule is COC(=O)CCC(=O)NC(C)C(=O)NC(C)C(=O)N1CCCC1C(=O)NC(CCSC)C(=O)Nc1ccc2c(C(F)(F)F)cc(=O)oc2c1. The number of carbonyl (C=O) groups excluding carboxylic acids is 6. The number of amides is 5. The molecule has 14 nitrogen and oxygen atoms in total. The number of esters is 1. The van der Waals surface area contributed by atoms with E-state index in [0.717, 1.165) is 12.1 Å². The van der Waals surface area contributed by atoms with E-state index in [-0.39, 0.29) is 48.9 Å². The Labute approximate surface area is 283 Å². The molecule has 1 aliphatic rings. The second-order valence-electron chi connectivity index (χ2n) is 11.3.